The van der Waals surface area contributed by atoms with Crippen LogP contribution in [0.25, 0.3) is 0 Å². The minimum atomic E-state index is -1.31. The molecule has 0 bridgehead atoms. The molecule has 1 unspecified atom stereocenters. The molecule has 1 N–H and O–H groups in total. The Morgan fingerprint density at radius 3 is 1.74 bits per heavy atom. The standard InChI is InChI=1S/C15H13NO2S/c17-14-11-19(18)15(16-14,12-7-3-1-4-8-12)13-9-5-2-6-10-13/h1-10H,11H2,(H,16,17). The zero-order valence-electron chi connectivity index (χ0n) is 10.2. The molecule has 0 aliphatic carbocycles. The summed E-state index contributed by atoms with van der Waals surface area (Å²) in [6, 6.07) is 19.0. The summed E-state index contributed by atoms with van der Waals surface area (Å²) in [6.45, 7) is 0. The molecule has 1 aliphatic rings. The Labute approximate surface area is 114 Å². The van der Waals surface area contributed by atoms with Gasteiger partial charge in [0, 0.05) is 0 Å². The van der Waals surface area contributed by atoms with Gasteiger partial charge in [0.25, 0.3) is 0 Å². The highest BCUT2D eigenvalue weighted by Gasteiger charge is 2.47. The van der Waals surface area contributed by atoms with Gasteiger partial charge in [0.05, 0.1) is 10.8 Å². The van der Waals surface area contributed by atoms with Crippen LogP contribution in [0.1, 0.15) is 11.1 Å². The molecule has 1 amide bonds. The molecule has 0 aromatic heterocycles. The van der Waals surface area contributed by atoms with Crippen molar-refractivity contribution < 1.29 is 9.00 Å². The number of rotatable bonds is 2. The third-order valence-electron chi connectivity index (χ3n) is 3.28. The van der Waals surface area contributed by atoms with Gasteiger partial charge in [0.1, 0.15) is 5.75 Å². The van der Waals surface area contributed by atoms with Gasteiger partial charge in [-0.1, -0.05) is 60.7 Å². The maximum Gasteiger partial charge on any atom is 0.234 e. The van der Waals surface area contributed by atoms with E-state index in [1.165, 1.54) is 0 Å². The van der Waals surface area contributed by atoms with Gasteiger partial charge < -0.3 is 5.32 Å². The summed E-state index contributed by atoms with van der Waals surface area (Å²) >= 11 is 0. The molecule has 3 nitrogen and oxygen atoms in total. The molecule has 0 radical (unpaired) electrons. The summed E-state index contributed by atoms with van der Waals surface area (Å²) in [5, 5.41) is 2.91. The van der Waals surface area contributed by atoms with E-state index in [1.54, 1.807) is 0 Å². The van der Waals surface area contributed by atoms with Crippen molar-refractivity contribution in [3.8, 4) is 0 Å². The number of benzene rings is 2. The minimum Gasteiger partial charge on any atom is -0.331 e. The van der Waals surface area contributed by atoms with E-state index in [1.807, 2.05) is 60.7 Å². The van der Waals surface area contributed by atoms with Crippen LogP contribution in [0.3, 0.4) is 0 Å². The highest BCUT2D eigenvalue weighted by molar-refractivity contribution is 7.87. The van der Waals surface area contributed by atoms with Gasteiger partial charge >= 0.3 is 0 Å². The first-order valence-corrected chi connectivity index (χ1v) is 7.36. The molecule has 3 rings (SSSR count). The highest BCUT2D eigenvalue weighted by Crippen LogP contribution is 2.36. The molecule has 2 aromatic rings. The van der Waals surface area contributed by atoms with Crippen LogP contribution in [0, 0.1) is 0 Å². The number of carbonyl (C=O) groups is 1. The van der Waals surface area contributed by atoms with Crippen molar-refractivity contribution in [3.63, 3.8) is 0 Å². The van der Waals surface area contributed by atoms with Crippen molar-refractivity contribution >= 4 is 16.7 Å². The first-order valence-electron chi connectivity index (χ1n) is 6.04. The van der Waals surface area contributed by atoms with Gasteiger partial charge in [-0.3, -0.25) is 9.00 Å². The molecular weight excluding hydrogens is 258 g/mol. The Morgan fingerprint density at radius 1 is 0.895 bits per heavy atom. The predicted octanol–water partition coefficient (Wildman–Crippen LogP) is 1.77. The van der Waals surface area contributed by atoms with Crippen LogP contribution in [0.5, 0.6) is 0 Å². The summed E-state index contributed by atoms with van der Waals surface area (Å²) in [4.78, 5) is 10.8. The van der Waals surface area contributed by atoms with Crippen molar-refractivity contribution in [1.29, 1.82) is 0 Å². The van der Waals surface area contributed by atoms with Crippen molar-refractivity contribution in [3.05, 3.63) is 71.8 Å². The van der Waals surface area contributed by atoms with E-state index >= 15 is 0 Å². The fourth-order valence-electron chi connectivity index (χ4n) is 2.44. The van der Waals surface area contributed by atoms with Gasteiger partial charge in [-0.05, 0) is 11.1 Å². The van der Waals surface area contributed by atoms with E-state index < -0.39 is 15.7 Å². The largest absolute Gasteiger partial charge is 0.331 e. The number of nitrogens with one attached hydrogen (secondary N) is 1. The molecule has 1 saturated heterocycles. The summed E-state index contributed by atoms with van der Waals surface area (Å²) in [7, 11) is -1.31. The number of carbonyl (C=O) groups excluding carboxylic acids is 1. The number of hydrogen-bond donors (Lipinski definition) is 1. The maximum atomic E-state index is 12.5. The summed E-state index contributed by atoms with van der Waals surface area (Å²) in [5.41, 5.74) is 1.70. The highest BCUT2D eigenvalue weighted by atomic mass is 32.2. The zero-order valence-corrected chi connectivity index (χ0v) is 11.0. The first kappa shape index (κ1) is 12.1. The van der Waals surface area contributed by atoms with Crippen LogP contribution in [0.2, 0.25) is 0 Å². The van der Waals surface area contributed by atoms with E-state index in [9.17, 15) is 9.00 Å². The SMILES string of the molecule is O=C1CS(=O)C(c2ccccc2)(c2ccccc2)N1. The molecule has 2 aromatic carbocycles. The Bertz CT molecular complexity index is 586. The normalized spacial score (nSPS) is 21.1. The monoisotopic (exact) mass is 271 g/mol. The lowest BCUT2D eigenvalue weighted by Crippen LogP contribution is -2.42. The van der Waals surface area contributed by atoms with Crippen LogP contribution in [-0.2, 0) is 20.5 Å². The Hall–Kier alpha value is -1.94. The lowest BCUT2D eigenvalue weighted by atomic mass is 9.98. The van der Waals surface area contributed by atoms with E-state index in [0.717, 1.165) is 11.1 Å². The second-order valence-electron chi connectivity index (χ2n) is 4.45. The fourth-order valence-corrected chi connectivity index (χ4v) is 3.99. The lowest BCUT2D eigenvalue weighted by molar-refractivity contribution is -0.118. The quantitative estimate of drug-likeness (QED) is 0.904. The minimum absolute atomic E-state index is 0.0454. The molecule has 1 heterocycles. The van der Waals surface area contributed by atoms with Gasteiger partial charge in [-0.25, -0.2) is 0 Å². The third-order valence-corrected chi connectivity index (χ3v) is 5.06. The molecule has 4 heteroatoms. The lowest BCUT2D eigenvalue weighted by Gasteiger charge is -2.28. The van der Waals surface area contributed by atoms with Crippen molar-refractivity contribution in [2.75, 3.05) is 5.75 Å². The average molecular weight is 271 g/mol. The van der Waals surface area contributed by atoms with Crippen LogP contribution in [0.4, 0.5) is 0 Å². The second-order valence-corrected chi connectivity index (χ2v) is 6.04. The molecule has 19 heavy (non-hydrogen) atoms. The fraction of sp³-hybridized carbons (Fsp3) is 0.133. The molecule has 1 atom stereocenters. The topological polar surface area (TPSA) is 46.2 Å². The molecule has 96 valence electrons. The smallest absolute Gasteiger partial charge is 0.234 e. The van der Waals surface area contributed by atoms with Crippen LogP contribution in [0.15, 0.2) is 60.7 Å². The Morgan fingerprint density at radius 2 is 1.37 bits per heavy atom. The molecule has 0 saturated carbocycles. The Kier molecular flexibility index (Phi) is 2.95. The van der Waals surface area contributed by atoms with Gasteiger partial charge in [0.15, 0.2) is 4.87 Å². The predicted molar refractivity (Wildman–Crippen MR) is 74.8 cm³/mol. The molecular formula is C15H13NO2S. The van der Waals surface area contributed by atoms with E-state index in [0.29, 0.717) is 0 Å². The van der Waals surface area contributed by atoms with Gasteiger partial charge in [-0.15, -0.1) is 0 Å². The van der Waals surface area contributed by atoms with Gasteiger partial charge in [-0.2, -0.15) is 0 Å². The summed E-state index contributed by atoms with van der Waals surface area (Å²) < 4.78 is 12.5. The summed E-state index contributed by atoms with van der Waals surface area (Å²) in [5.74, 6) is -0.130. The van der Waals surface area contributed by atoms with Crippen LogP contribution < -0.4 is 5.32 Å². The second kappa shape index (κ2) is 4.63. The molecule has 0 spiro atoms. The first-order chi connectivity index (χ1) is 9.23. The van der Waals surface area contributed by atoms with E-state index in [2.05, 4.69) is 5.32 Å². The van der Waals surface area contributed by atoms with Gasteiger partial charge in [0.2, 0.25) is 5.91 Å². The van der Waals surface area contributed by atoms with Crippen LogP contribution in [-0.4, -0.2) is 15.9 Å². The summed E-state index contributed by atoms with van der Waals surface area (Å²) in [6.07, 6.45) is 0. The molecule has 1 aliphatic heterocycles. The third kappa shape index (κ3) is 1.88. The number of amides is 1. The van der Waals surface area contributed by atoms with E-state index in [-0.39, 0.29) is 11.7 Å². The van der Waals surface area contributed by atoms with Crippen molar-refractivity contribution in [2.45, 2.75) is 4.87 Å². The molecule has 1 fully saturated rings. The van der Waals surface area contributed by atoms with Crippen molar-refractivity contribution in [1.82, 2.24) is 5.32 Å². The van der Waals surface area contributed by atoms with E-state index in [4.69, 9.17) is 0 Å². The Balaban J connectivity index is 2.23. The average Bonchev–Trinajstić information content (AvgIpc) is 2.76. The zero-order chi connectivity index (χ0) is 13.3. The maximum absolute atomic E-state index is 12.5. The van der Waals surface area contributed by atoms with Crippen molar-refractivity contribution in [2.24, 2.45) is 0 Å². The number of hydrogen-bond acceptors (Lipinski definition) is 2. The van der Waals surface area contributed by atoms with Crippen LogP contribution >= 0.6 is 0 Å².